The molecule has 1 aromatic rings. The van der Waals surface area contributed by atoms with E-state index in [1.807, 2.05) is 24.3 Å². The molecule has 4 heteroatoms. The normalized spacial score (nSPS) is 38.2. The molecular formula is C19H24N2O2. The Hall–Kier alpha value is -1.65. The summed E-state index contributed by atoms with van der Waals surface area (Å²) in [6.07, 6.45) is 4.73. The van der Waals surface area contributed by atoms with Gasteiger partial charge in [0.2, 0.25) is 0 Å². The Bertz CT molecular complexity index is 644. The number of ketones is 1. The molecule has 2 bridgehead atoms. The first-order valence-electron chi connectivity index (χ1n) is 8.59. The van der Waals surface area contributed by atoms with E-state index >= 15 is 0 Å². The van der Waals surface area contributed by atoms with Gasteiger partial charge in [-0.3, -0.25) is 9.69 Å². The number of anilines is 1. The van der Waals surface area contributed by atoms with Crippen molar-refractivity contribution in [3.8, 4) is 0 Å². The van der Waals surface area contributed by atoms with Crippen LogP contribution in [0, 0.1) is 11.8 Å². The lowest BCUT2D eigenvalue weighted by molar-refractivity contribution is -0.0119. The van der Waals surface area contributed by atoms with Crippen LogP contribution in [0.25, 0.3) is 0 Å². The van der Waals surface area contributed by atoms with Gasteiger partial charge in [-0.05, 0) is 43.4 Å². The number of aliphatic hydroxyl groups excluding tert-OH is 1. The molecule has 0 spiro atoms. The molecular weight excluding hydrogens is 288 g/mol. The van der Waals surface area contributed by atoms with Crippen LogP contribution >= 0.6 is 0 Å². The maximum Gasteiger partial charge on any atom is 0.191 e. The van der Waals surface area contributed by atoms with Gasteiger partial charge in [0.05, 0.1) is 0 Å². The number of aliphatic hydroxyl groups is 1. The molecule has 0 radical (unpaired) electrons. The first-order valence-corrected chi connectivity index (χ1v) is 8.59. The average molecular weight is 312 g/mol. The fraction of sp³-hybridized carbons (Fsp3) is 0.526. The smallest absolute Gasteiger partial charge is 0.191 e. The third-order valence-corrected chi connectivity index (χ3v) is 6.12. The Morgan fingerprint density at radius 1 is 1.43 bits per heavy atom. The third kappa shape index (κ3) is 2.08. The van der Waals surface area contributed by atoms with Crippen molar-refractivity contribution in [2.24, 2.45) is 11.8 Å². The zero-order chi connectivity index (χ0) is 16.0. The van der Waals surface area contributed by atoms with Crippen molar-refractivity contribution in [2.45, 2.75) is 30.8 Å². The Morgan fingerprint density at radius 3 is 2.91 bits per heavy atom. The maximum atomic E-state index is 13.2. The SMILES string of the molecule is C=CC1CN2CCC1CC2C1(CCO)Nc2ccccc2C1=O. The van der Waals surface area contributed by atoms with Crippen LogP contribution < -0.4 is 5.32 Å². The van der Waals surface area contributed by atoms with E-state index in [9.17, 15) is 9.90 Å². The average Bonchev–Trinajstić information content (AvgIpc) is 2.89. The van der Waals surface area contributed by atoms with Gasteiger partial charge in [0.15, 0.2) is 5.78 Å². The summed E-state index contributed by atoms with van der Waals surface area (Å²) < 4.78 is 0. The van der Waals surface area contributed by atoms with E-state index in [4.69, 9.17) is 0 Å². The highest BCUT2D eigenvalue weighted by Gasteiger charge is 2.55. The van der Waals surface area contributed by atoms with Gasteiger partial charge in [0.1, 0.15) is 5.54 Å². The molecule has 122 valence electrons. The monoisotopic (exact) mass is 312 g/mol. The van der Waals surface area contributed by atoms with Gasteiger partial charge in [-0.2, -0.15) is 0 Å². The number of hydrogen-bond donors (Lipinski definition) is 2. The zero-order valence-electron chi connectivity index (χ0n) is 13.4. The van der Waals surface area contributed by atoms with Crippen LogP contribution in [0.5, 0.6) is 0 Å². The Labute approximate surface area is 137 Å². The molecule has 4 heterocycles. The molecule has 2 N–H and O–H groups in total. The first kappa shape index (κ1) is 14.9. The van der Waals surface area contributed by atoms with Crippen molar-refractivity contribution in [1.82, 2.24) is 4.90 Å². The Morgan fingerprint density at radius 2 is 2.26 bits per heavy atom. The number of hydrogen-bond acceptors (Lipinski definition) is 4. The predicted molar refractivity (Wildman–Crippen MR) is 90.6 cm³/mol. The summed E-state index contributed by atoms with van der Waals surface area (Å²) in [6.45, 7) is 6.02. The number of Topliss-reactive ketones (excluding diaryl/α,β-unsaturated/α-hetero) is 1. The fourth-order valence-electron chi connectivity index (χ4n) is 4.93. The van der Waals surface area contributed by atoms with Crippen molar-refractivity contribution in [1.29, 1.82) is 0 Å². The summed E-state index contributed by atoms with van der Waals surface area (Å²) in [5, 5.41) is 13.2. The van der Waals surface area contributed by atoms with Crippen molar-refractivity contribution >= 4 is 11.5 Å². The summed E-state index contributed by atoms with van der Waals surface area (Å²) in [7, 11) is 0. The van der Waals surface area contributed by atoms with E-state index < -0.39 is 5.54 Å². The highest BCUT2D eigenvalue weighted by atomic mass is 16.3. The van der Waals surface area contributed by atoms with Gasteiger partial charge in [-0.15, -0.1) is 6.58 Å². The number of fused-ring (bicyclic) bond motifs is 4. The van der Waals surface area contributed by atoms with Crippen LogP contribution in [0.2, 0.25) is 0 Å². The molecule has 3 saturated heterocycles. The molecule has 4 aliphatic heterocycles. The van der Waals surface area contributed by atoms with Gasteiger partial charge in [-0.1, -0.05) is 18.2 Å². The molecule has 0 amide bonds. The second-order valence-electron chi connectivity index (χ2n) is 7.14. The number of carbonyl (C=O) groups is 1. The maximum absolute atomic E-state index is 13.2. The quantitative estimate of drug-likeness (QED) is 0.838. The molecule has 5 rings (SSSR count). The number of benzene rings is 1. The second-order valence-corrected chi connectivity index (χ2v) is 7.14. The summed E-state index contributed by atoms with van der Waals surface area (Å²) in [6, 6.07) is 7.88. The molecule has 1 aromatic carbocycles. The van der Waals surface area contributed by atoms with Crippen LogP contribution in [0.3, 0.4) is 0 Å². The minimum absolute atomic E-state index is 0.0205. The van der Waals surface area contributed by atoms with Crippen LogP contribution in [0.1, 0.15) is 29.6 Å². The van der Waals surface area contributed by atoms with Gasteiger partial charge in [0, 0.05) is 36.9 Å². The number of para-hydroxylation sites is 1. The van der Waals surface area contributed by atoms with Crippen molar-refractivity contribution < 1.29 is 9.90 Å². The van der Waals surface area contributed by atoms with E-state index in [-0.39, 0.29) is 18.4 Å². The first-order chi connectivity index (χ1) is 11.2. The van der Waals surface area contributed by atoms with Gasteiger partial charge in [-0.25, -0.2) is 0 Å². The van der Waals surface area contributed by atoms with Crippen molar-refractivity contribution in [2.75, 3.05) is 25.0 Å². The third-order valence-electron chi connectivity index (χ3n) is 6.12. The Balaban J connectivity index is 1.70. The summed E-state index contributed by atoms with van der Waals surface area (Å²) in [5.74, 6) is 1.29. The lowest BCUT2D eigenvalue weighted by Gasteiger charge is -2.54. The predicted octanol–water partition coefficient (Wildman–Crippen LogP) is 2.31. The summed E-state index contributed by atoms with van der Waals surface area (Å²) in [5.41, 5.74) is 1.00. The Kier molecular flexibility index (Phi) is 3.54. The number of piperidine rings is 3. The molecule has 0 aromatic heterocycles. The number of nitrogens with one attached hydrogen (secondary N) is 1. The summed E-state index contributed by atoms with van der Waals surface area (Å²) in [4.78, 5) is 15.7. The molecule has 0 saturated carbocycles. The van der Waals surface area contributed by atoms with Crippen molar-refractivity contribution in [3.05, 3.63) is 42.5 Å². The second kappa shape index (κ2) is 5.46. The highest BCUT2D eigenvalue weighted by Crippen LogP contribution is 2.46. The van der Waals surface area contributed by atoms with E-state index in [1.54, 1.807) is 0 Å². The number of nitrogens with zero attached hydrogens (tertiary/aromatic N) is 1. The van der Waals surface area contributed by atoms with E-state index in [0.717, 1.165) is 30.8 Å². The van der Waals surface area contributed by atoms with Crippen LogP contribution in [0.4, 0.5) is 5.69 Å². The standard InChI is InChI=1S/C19H24N2O2/c1-2-13-12-21-9-7-14(13)11-17(21)19(8-10-22)18(23)15-5-3-4-6-16(15)20-19/h2-6,13-14,17,20,22H,1,7-12H2. The molecule has 5 unspecified atom stereocenters. The topological polar surface area (TPSA) is 52.6 Å². The van der Waals surface area contributed by atoms with Crippen molar-refractivity contribution in [3.63, 3.8) is 0 Å². The largest absolute Gasteiger partial charge is 0.396 e. The van der Waals surface area contributed by atoms with E-state index in [2.05, 4.69) is 22.9 Å². The van der Waals surface area contributed by atoms with Gasteiger partial charge in [0.25, 0.3) is 0 Å². The van der Waals surface area contributed by atoms with Gasteiger partial charge < -0.3 is 10.4 Å². The van der Waals surface area contributed by atoms with Crippen LogP contribution in [-0.2, 0) is 0 Å². The number of carbonyl (C=O) groups excluding carboxylic acids is 1. The molecule has 0 aliphatic carbocycles. The lowest BCUT2D eigenvalue weighted by Crippen LogP contribution is -2.66. The molecule has 3 fully saturated rings. The molecule has 5 atom stereocenters. The molecule has 4 aliphatic rings. The minimum Gasteiger partial charge on any atom is -0.396 e. The molecule has 4 nitrogen and oxygen atoms in total. The van der Waals surface area contributed by atoms with E-state index in [1.165, 1.54) is 6.42 Å². The van der Waals surface area contributed by atoms with Gasteiger partial charge >= 0.3 is 0 Å². The lowest BCUT2D eigenvalue weighted by atomic mass is 9.68. The van der Waals surface area contributed by atoms with E-state index in [0.29, 0.717) is 18.3 Å². The summed E-state index contributed by atoms with van der Waals surface area (Å²) >= 11 is 0. The fourth-order valence-corrected chi connectivity index (χ4v) is 4.93. The molecule has 23 heavy (non-hydrogen) atoms. The zero-order valence-corrected chi connectivity index (χ0v) is 13.4. The van der Waals surface area contributed by atoms with Crippen LogP contribution in [-0.4, -0.2) is 47.1 Å². The highest BCUT2D eigenvalue weighted by molar-refractivity contribution is 6.14. The number of rotatable bonds is 4. The van der Waals surface area contributed by atoms with Crippen LogP contribution in [0.15, 0.2) is 36.9 Å². The minimum atomic E-state index is -0.677.